The van der Waals surface area contributed by atoms with E-state index >= 15 is 0 Å². The van der Waals surface area contributed by atoms with E-state index in [1.807, 2.05) is 0 Å². The van der Waals surface area contributed by atoms with Crippen LogP contribution in [-0.2, 0) is 19.7 Å². The average Bonchev–Trinajstić information content (AvgIpc) is 3.25. The number of methoxy groups -OCH3 is 1. The number of nitrogens with zero attached hydrogens (tertiary/aromatic N) is 1. The van der Waals surface area contributed by atoms with Crippen LogP contribution in [0.1, 0.15) is 28.8 Å². The van der Waals surface area contributed by atoms with Crippen LogP contribution in [0.3, 0.4) is 0 Å². The Kier molecular flexibility index (Phi) is 2.90. The fraction of sp³-hybridized carbons (Fsp3) is 0.357. The molecule has 0 atom stereocenters. The molecule has 2 aliphatic rings. The molecule has 1 fully saturated rings. The van der Waals surface area contributed by atoms with Gasteiger partial charge in [-0.05, 0) is 18.9 Å². The van der Waals surface area contributed by atoms with Crippen LogP contribution in [0.4, 0.5) is 4.39 Å². The molecule has 0 bridgehead atoms. The van der Waals surface area contributed by atoms with Crippen LogP contribution in [-0.4, -0.2) is 44.2 Å². The number of esters is 1. The second-order valence-electron chi connectivity index (χ2n) is 5.25. The van der Waals surface area contributed by atoms with Crippen LogP contribution < -0.4 is 5.46 Å². The summed E-state index contributed by atoms with van der Waals surface area (Å²) in [6, 6.07) is 2.68. The van der Waals surface area contributed by atoms with Crippen molar-refractivity contribution in [2.75, 3.05) is 13.7 Å². The SMILES string of the molecule is [B]c1ccc2c(c1F)C1(CC1)C(=O)N(CC(=O)OC)C2=O. The van der Waals surface area contributed by atoms with Crippen molar-refractivity contribution < 1.29 is 23.5 Å². The molecule has 1 aromatic carbocycles. The van der Waals surface area contributed by atoms with Crippen molar-refractivity contribution in [3.05, 3.63) is 29.1 Å². The largest absolute Gasteiger partial charge is 0.468 e. The first-order valence-electron chi connectivity index (χ1n) is 6.44. The highest BCUT2D eigenvalue weighted by Crippen LogP contribution is 2.53. The lowest BCUT2D eigenvalue weighted by atomic mass is 9.80. The normalized spacial score (nSPS) is 18.7. The maximum absolute atomic E-state index is 14.3. The number of imide groups is 1. The Morgan fingerprint density at radius 3 is 2.67 bits per heavy atom. The minimum atomic E-state index is -1.06. The lowest BCUT2D eigenvalue weighted by molar-refractivity contribution is -0.146. The molecule has 3 rings (SSSR count). The third-order valence-corrected chi connectivity index (χ3v) is 4.05. The molecule has 5 nitrogen and oxygen atoms in total. The zero-order valence-corrected chi connectivity index (χ0v) is 11.3. The summed E-state index contributed by atoms with van der Waals surface area (Å²) < 4.78 is 18.8. The van der Waals surface area contributed by atoms with Gasteiger partial charge in [0.15, 0.2) is 0 Å². The Hall–Kier alpha value is -2.18. The molecular weight excluding hydrogens is 276 g/mol. The number of benzene rings is 1. The van der Waals surface area contributed by atoms with Crippen LogP contribution in [0.2, 0.25) is 0 Å². The third kappa shape index (κ3) is 1.80. The molecule has 1 aromatic rings. The van der Waals surface area contributed by atoms with Crippen molar-refractivity contribution in [3.63, 3.8) is 0 Å². The Morgan fingerprint density at radius 2 is 2.10 bits per heavy atom. The number of hydrogen-bond donors (Lipinski definition) is 0. The minimum absolute atomic E-state index is 0.0682. The number of halogens is 1. The number of carbonyl (C=O) groups is 3. The highest BCUT2D eigenvalue weighted by molar-refractivity contribution is 6.33. The lowest BCUT2D eigenvalue weighted by Gasteiger charge is -2.32. The molecule has 1 aliphatic heterocycles. The van der Waals surface area contributed by atoms with Gasteiger partial charge >= 0.3 is 5.97 Å². The molecule has 1 saturated carbocycles. The molecule has 21 heavy (non-hydrogen) atoms. The summed E-state index contributed by atoms with van der Waals surface area (Å²) in [4.78, 5) is 37.0. The smallest absolute Gasteiger partial charge is 0.325 e. The first-order chi connectivity index (χ1) is 9.92. The van der Waals surface area contributed by atoms with Crippen molar-refractivity contribution in [1.82, 2.24) is 4.90 Å². The molecule has 106 valence electrons. The minimum Gasteiger partial charge on any atom is -0.468 e. The van der Waals surface area contributed by atoms with E-state index in [0.717, 1.165) is 4.90 Å². The van der Waals surface area contributed by atoms with Gasteiger partial charge in [-0.25, -0.2) is 4.39 Å². The van der Waals surface area contributed by atoms with E-state index in [-0.39, 0.29) is 16.6 Å². The van der Waals surface area contributed by atoms with Crippen molar-refractivity contribution in [1.29, 1.82) is 0 Å². The lowest BCUT2D eigenvalue weighted by Crippen LogP contribution is -2.51. The highest BCUT2D eigenvalue weighted by Gasteiger charge is 2.60. The van der Waals surface area contributed by atoms with Crippen LogP contribution in [0, 0.1) is 5.82 Å². The zero-order chi connectivity index (χ0) is 15.4. The molecule has 0 unspecified atom stereocenters. The molecule has 7 heteroatoms. The molecular formula is C14H11BFNO4. The second kappa shape index (κ2) is 4.41. The molecule has 2 amide bonds. The second-order valence-corrected chi connectivity index (χ2v) is 5.25. The van der Waals surface area contributed by atoms with E-state index in [0.29, 0.717) is 12.8 Å². The van der Waals surface area contributed by atoms with E-state index in [1.54, 1.807) is 0 Å². The van der Waals surface area contributed by atoms with Gasteiger partial charge in [-0.1, -0.05) is 11.5 Å². The van der Waals surface area contributed by atoms with Gasteiger partial charge < -0.3 is 4.74 Å². The van der Waals surface area contributed by atoms with Crippen LogP contribution in [0.25, 0.3) is 0 Å². The summed E-state index contributed by atoms with van der Waals surface area (Å²) >= 11 is 0. The van der Waals surface area contributed by atoms with E-state index in [2.05, 4.69) is 4.74 Å². The summed E-state index contributed by atoms with van der Waals surface area (Å²) in [5.41, 5.74) is -1.00. The predicted molar refractivity (Wildman–Crippen MR) is 70.8 cm³/mol. The number of ether oxygens (including phenoxy) is 1. The first kappa shape index (κ1) is 13.8. The van der Waals surface area contributed by atoms with E-state index in [9.17, 15) is 18.8 Å². The van der Waals surface area contributed by atoms with Crippen molar-refractivity contribution in [3.8, 4) is 0 Å². The Balaban J connectivity index is 2.13. The van der Waals surface area contributed by atoms with Crippen LogP contribution in [0.15, 0.2) is 12.1 Å². The standard InChI is InChI=1S/C14H11BFNO4/c1-21-9(18)6-17-12(19)7-2-3-8(15)11(16)10(7)14(4-5-14)13(17)20/h2-3H,4-6H2,1H3. The Bertz CT molecular complexity index is 684. The molecule has 0 saturated heterocycles. The number of amides is 2. The van der Waals surface area contributed by atoms with Gasteiger partial charge in [0.1, 0.15) is 20.2 Å². The summed E-state index contributed by atoms with van der Waals surface area (Å²) in [5, 5.41) is 0. The van der Waals surface area contributed by atoms with Crippen molar-refractivity contribution >= 4 is 31.1 Å². The maximum atomic E-state index is 14.3. The number of hydrogen-bond acceptors (Lipinski definition) is 4. The summed E-state index contributed by atoms with van der Waals surface area (Å²) in [5.74, 6) is -2.68. The molecule has 2 radical (unpaired) electrons. The van der Waals surface area contributed by atoms with Crippen LogP contribution in [0.5, 0.6) is 0 Å². The third-order valence-electron chi connectivity index (χ3n) is 4.05. The Morgan fingerprint density at radius 1 is 1.43 bits per heavy atom. The fourth-order valence-electron chi connectivity index (χ4n) is 2.77. The van der Waals surface area contributed by atoms with Gasteiger partial charge in [0.05, 0.1) is 12.5 Å². The van der Waals surface area contributed by atoms with Crippen molar-refractivity contribution in [2.24, 2.45) is 0 Å². The van der Waals surface area contributed by atoms with Gasteiger partial charge in [-0.15, -0.1) is 0 Å². The number of fused-ring (bicyclic) bond motifs is 2. The molecule has 1 spiro atoms. The summed E-state index contributed by atoms with van der Waals surface area (Å²) in [6.07, 6.45) is 0.869. The van der Waals surface area contributed by atoms with Crippen LogP contribution >= 0.6 is 0 Å². The number of rotatable bonds is 2. The van der Waals surface area contributed by atoms with Gasteiger partial charge in [-0.2, -0.15) is 0 Å². The fourth-order valence-corrected chi connectivity index (χ4v) is 2.77. The van der Waals surface area contributed by atoms with Gasteiger partial charge in [0.2, 0.25) is 5.91 Å². The topological polar surface area (TPSA) is 63.7 Å². The van der Waals surface area contributed by atoms with Gasteiger partial charge in [-0.3, -0.25) is 19.3 Å². The molecule has 1 aliphatic carbocycles. The van der Waals surface area contributed by atoms with Crippen molar-refractivity contribution in [2.45, 2.75) is 18.3 Å². The molecule has 0 N–H and O–H groups in total. The van der Waals surface area contributed by atoms with E-state index in [4.69, 9.17) is 7.85 Å². The van der Waals surface area contributed by atoms with Gasteiger partial charge in [0, 0.05) is 11.1 Å². The van der Waals surface area contributed by atoms with Gasteiger partial charge in [0.25, 0.3) is 5.91 Å². The van der Waals surface area contributed by atoms with E-state index < -0.39 is 35.6 Å². The summed E-state index contributed by atoms with van der Waals surface area (Å²) in [6.45, 7) is -0.471. The molecule has 0 aromatic heterocycles. The maximum Gasteiger partial charge on any atom is 0.325 e. The zero-order valence-electron chi connectivity index (χ0n) is 11.3. The van der Waals surface area contributed by atoms with E-state index in [1.165, 1.54) is 19.2 Å². The highest BCUT2D eigenvalue weighted by atomic mass is 19.1. The predicted octanol–water partition coefficient (Wildman–Crippen LogP) is -0.194. The first-order valence-corrected chi connectivity index (χ1v) is 6.44. The summed E-state index contributed by atoms with van der Waals surface area (Å²) in [7, 11) is 6.70. The quantitative estimate of drug-likeness (QED) is 0.429. The Labute approximate surface area is 121 Å². The molecule has 1 heterocycles. The average molecular weight is 287 g/mol. The monoisotopic (exact) mass is 287 g/mol. The number of carbonyl (C=O) groups excluding carboxylic acids is 3.